The van der Waals surface area contributed by atoms with Crippen molar-refractivity contribution in [2.24, 2.45) is 0 Å². The van der Waals surface area contributed by atoms with Gasteiger partial charge in [0.25, 0.3) is 5.91 Å². The van der Waals surface area contributed by atoms with E-state index in [1.54, 1.807) is 11.0 Å². The molecule has 1 amide bonds. The molecule has 0 spiro atoms. The molecule has 2 heterocycles. The minimum atomic E-state index is -0.695. The van der Waals surface area contributed by atoms with Crippen molar-refractivity contribution in [3.05, 3.63) is 41.5 Å². The zero-order valence-electron chi connectivity index (χ0n) is 9.11. The van der Waals surface area contributed by atoms with Gasteiger partial charge in [0.2, 0.25) is 5.95 Å². The SMILES string of the molecule is CC1=CCCN(C(=O)c2cccnc2F)C1. The van der Waals surface area contributed by atoms with Gasteiger partial charge in [-0.2, -0.15) is 4.39 Å². The van der Waals surface area contributed by atoms with E-state index in [1.165, 1.54) is 12.3 Å². The molecule has 0 aromatic carbocycles. The van der Waals surface area contributed by atoms with Crippen molar-refractivity contribution < 1.29 is 9.18 Å². The number of amides is 1. The van der Waals surface area contributed by atoms with E-state index in [9.17, 15) is 9.18 Å². The number of halogens is 1. The second-order valence-corrected chi connectivity index (χ2v) is 3.91. The lowest BCUT2D eigenvalue weighted by Gasteiger charge is -2.26. The highest BCUT2D eigenvalue weighted by atomic mass is 19.1. The molecule has 2 rings (SSSR count). The summed E-state index contributed by atoms with van der Waals surface area (Å²) in [5.41, 5.74) is 1.20. The topological polar surface area (TPSA) is 33.2 Å². The van der Waals surface area contributed by atoms with Gasteiger partial charge < -0.3 is 4.90 Å². The smallest absolute Gasteiger partial charge is 0.258 e. The van der Waals surface area contributed by atoms with Crippen molar-refractivity contribution in [1.82, 2.24) is 9.88 Å². The number of hydrogen-bond donors (Lipinski definition) is 0. The molecule has 4 heteroatoms. The average molecular weight is 220 g/mol. The molecule has 1 aliphatic rings. The maximum atomic E-state index is 13.3. The molecule has 84 valence electrons. The molecule has 0 N–H and O–H groups in total. The second-order valence-electron chi connectivity index (χ2n) is 3.91. The first kappa shape index (κ1) is 10.8. The second kappa shape index (κ2) is 4.43. The Bertz CT molecular complexity index is 442. The van der Waals surface area contributed by atoms with Crippen LogP contribution in [0.5, 0.6) is 0 Å². The van der Waals surface area contributed by atoms with E-state index in [1.807, 2.05) is 6.92 Å². The van der Waals surface area contributed by atoms with Crippen LogP contribution in [0, 0.1) is 5.95 Å². The van der Waals surface area contributed by atoms with E-state index in [-0.39, 0.29) is 11.5 Å². The molecular weight excluding hydrogens is 207 g/mol. The summed E-state index contributed by atoms with van der Waals surface area (Å²) >= 11 is 0. The molecule has 16 heavy (non-hydrogen) atoms. The van der Waals surface area contributed by atoms with E-state index in [0.29, 0.717) is 13.1 Å². The maximum Gasteiger partial charge on any atom is 0.258 e. The van der Waals surface area contributed by atoms with Gasteiger partial charge in [-0.3, -0.25) is 4.79 Å². The molecule has 0 saturated carbocycles. The Morgan fingerprint density at radius 3 is 3.06 bits per heavy atom. The van der Waals surface area contributed by atoms with Crippen LogP contribution in [-0.4, -0.2) is 28.9 Å². The summed E-state index contributed by atoms with van der Waals surface area (Å²) in [6.45, 7) is 3.19. The summed E-state index contributed by atoms with van der Waals surface area (Å²) in [6.07, 6.45) is 4.27. The molecule has 0 radical (unpaired) electrons. The van der Waals surface area contributed by atoms with Gasteiger partial charge in [0.05, 0.1) is 5.56 Å². The van der Waals surface area contributed by atoms with Crippen molar-refractivity contribution in [2.45, 2.75) is 13.3 Å². The molecule has 0 bridgehead atoms. The van der Waals surface area contributed by atoms with Crippen LogP contribution in [0.4, 0.5) is 4.39 Å². The third kappa shape index (κ3) is 2.10. The van der Waals surface area contributed by atoms with Gasteiger partial charge in [-0.1, -0.05) is 11.6 Å². The fraction of sp³-hybridized carbons (Fsp3) is 0.333. The van der Waals surface area contributed by atoms with Gasteiger partial charge in [-0.15, -0.1) is 0 Å². The highest BCUT2D eigenvalue weighted by Gasteiger charge is 2.21. The predicted molar refractivity (Wildman–Crippen MR) is 58.5 cm³/mol. The molecule has 0 saturated heterocycles. The summed E-state index contributed by atoms with van der Waals surface area (Å²) in [5.74, 6) is -0.974. The van der Waals surface area contributed by atoms with Crippen LogP contribution in [0.15, 0.2) is 30.0 Å². The van der Waals surface area contributed by atoms with Crippen LogP contribution in [0.25, 0.3) is 0 Å². The van der Waals surface area contributed by atoms with Crippen molar-refractivity contribution in [3.8, 4) is 0 Å². The Hall–Kier alpha value is -1.71. The highest BCUT2D eigenvalue weighted by Crippen LogP contribution is 2.14. The van der Waals surface area contributed by atoms with E-state index < -0.39 is 5.95 Å². The number of hydrogen-bond acceptors (Lipinski definition) is 2. The summed E-state index contributed by atoms with van der Waals surface area (Å²) in [4.78, 5) is 17.1. The standard InChI is InChI=1S/C12H13FN2O/c1-9-4-3-7-15(8-9)12(16)10-5-2-6-14-11(10)13/h2,4-6H,3,7-8H2,1H3. The lowest BCUT2D eigenvalue weighted by atomic mass is 10.1. The van der Waals surface area contributed by atoms with Gasteiger partial charge in [-0.05, 0) is 25.5 Å². The van der Waals surface area contributed by atoms with Crippen LogP contribution in [0.1, 0.15) is 23.7 Å². The van der Waals surface area contributed by atoms with Gasteiger partial charge in [-0.25, -0.2) is 4.98 Å². The highest BCUT2D eigenvalue weighted by molar-refractivity contribution is 5.94. The molecule has 3 nitrogen and oxygen atoms in total. The minimum Gasteiger partial charge on any atom is -0.334 e. The predicted octanol–water partition coefficient (Wildman–Crippen LogP) is 2.01. The summed E-state index contributed by atoms with van der Waals surface area (Å²) in [6, 6.07) is 3.04. The maximum absolute atomic E-state index is 13.3. The van der Waals surface area contributed by atoms with Crippen molar-refractivity contribution in [3.63, 3.8) is 0 Å². The largest absolute Gasteiger partial charge is 0.334 e. The molecule has 0 unspecified atom stereocenters. The first-order valence-corrected chi connectivity index (χ1v) is 5.24. The molecule has 0 aliphatic carbocycles. The van der Waals surface area contributed by atoms with Crippen LogP contribution in [-0.2, 0) is 0 Å². The third-order valence-corrected chi connectivity index (χ3v) is 2.61. The van der Waals surface area contributed by atoms with E-state index in [2.05, 4.69) is 11.1 Å². The van der Waals surface area contributed by atoms with Crippen molar-refractivity contribution in [2.75, 3.05) is 13.1 Å². The number of carbonyl (C=O) groups excluding carboxylic acids is 1. The zero-order valence-corrected chi connectivity index (χ0v) is 9.11. The Morgan fingerprint density at radius 2 is 2.38 bits per heavy atom. The summed E-state index contributed by atoms with van der Waals surface area (Å²) in [7, 11) is 0. The molecular formula is C12H13FN2O. The zero-order chi connectivity index (χ0) is 11.5. The lowest BCUT2D eigenvalue weighted by molar-refractivity contribution is 0.0760. The third-order valence-electron chi connectivity index (χ3n) is 2.61. The number of pyridine rings is 1. The first-order chi connectivity index (χ1) is 7.68. The fourth-order valence-corrected chi connectivity index (χ4v) is 1.80. The van der Waals surface area contributed by atoms with Crippen LogP contribution in [0.2, 0.25) is 0 Å². The number of aromatic nitrogens is 1. The molecule has 1 aromatic rings. The Balaban J connectivity index is 2.20. The molecule has 0 atom stereocenters. The number of carbonyl (C=O) groups is 1. The molecule has 0 fully saturated rings. The Labute approximate surface area is 93.6 Å². The van der Waals surface area contributed by atoms with Crippen LogP contribution < -0.4 is 0 Å². The quantitative estimate of drug-likeness (QED) is 0.536. The van der Waals surface area contributed by atoms with Crippen LogP contribution >= 0.6 is 0 Å². The van der Waals surface area contributed by atoms with Crippen LogP contribution in [0.3, 0.4) is 0 Å². The van der Waals surface area contributed by atoms with Gasteiger partial charge in [0, 0.05) is 19.3 Å². The lowest BCUT2D eigenvalue weighted by Crippen LogP contribution is -2.35. The van der Waals surface area contributed by atoms with Gasteiger partial charge in [0.15, 0.2) is 0 Å². The number of nitrogens with zero attached hydrogens (tertiary/aromatic N) is 2. The molecule has 1 aliphatic heterocycles. The first-order valence-electron chi connectivity index (χ1n) is 5.24. The van der Waals surface area contributed by atoms with Crippen molar-refractivity contribution >= 4 is 5.91 Å². The number of rotatable bonds is 1. The average Bonchev–Trinajstić information content (AvgIpc) is 2.29. The Kier molecular flexibility index (Phi) is 2.99. The monoisotopic (exact) mass is 220 g/mol. The normalized spacial score (nSPS) is 15.9. The Morgan fingerprint density at radius 1 is 1.56 bits per heavy atom. The van der Waals surface area contributed by atoms with Gasteiger partial charge >= 0.3 is 0 Å². The van der Waals surface area contributed by atoms with E-state index in [4.69, 9.17) is 0 Å². The van der Waals surface area contributed by atoms with Crippen molar-refractivity contribution in [1.29, 1.82) is 0 Å². The minimum absolute atomic E-state index is 0.0530. The summed E-state index contributed by atoms with van der Waals surface area (Å²) in [5, 5.41) is 0. The van der Waals surface area contributed by atoms with Gasteiger partial charge in [0.1, 0.15) is 0 Å². The van der Waals surface area contributed by atoms with E-state index in [0.717, 1.165) is 12.0 Å². The molecule has 1 aromatic heterocycles. The summed E-state index contributed by atoms with van der Waals surface area (Å²) < 4.78 is 13.3. The van der Waals surface area contributed by atoms with E-state index >= 15 is 0 Å². The fourth-order valence-electron chi connectivity index (χ4n) is 1.80.